The molecule has 2 spiro atoms. The molecule has 6 fully saturated rings. The van der Waals surface area contributed by atoms with Crippen LogP contribution >= 0.6 is 0 Å². The van der Waals surface area contributed by atoms with Crippen molar-refractivity contribution in [2.75, 3.05) is 13.2 Å². The largest absolute Gasteiger partial charge is 0.479 e. The minimum absolute atomic E-state index is 0.0199. The molecule has 0 amide bonds. The Balaban J connectivity index is 1.35. The molecule has 1 aromatic rings. The van der Waals surface area contributed by atoms with E-state index in [0.29, 0.717) is 12.0 Å². The maximum Gasteiger partial charge on any atom is 0.335 e. The molecule has 14 heteroatoms. The molecule has 2 unspecified atom stereocenters. The highest BCUT2D eigenvalue weighted by atomic mass is 16.7. The first kappa shape index (κ1) is 32.1. The van der Waals surface area contributed by atoms with Crippen molar-refractivity contribution < 1.29 is 68.0 Å². The van der Waals surface area contributed by atoms with Gasteiger partial charge in [0, 0.05) is 28.7 Å². The summed E-state index contributed by atoms with van der Waals surface area (Å²) in [5.41, 5.74) is -5.40. The van der Waals surface area contributed by atoms with Gasteiger partial charge in [-0.05, 0) is 45.6 Å². The summed E-state index contributed by atoms with van der Waals surface area (Å²) in [4.78, 5) is 40.1. The average molecular weight is 651 g/mol. The standard InChI is InChI=1S/C32H42O14/c1-28(2)17-9-18(34)30(4)16(31(17)13-42-20(35)10-19(31)45-28)5-7-29(3,32(30)25(46-32)26(39)40)24(14-6-8-41-12-14)44-27-23(38)22(37)21(36)15(11-33)43-27/h6,8,12,15-17,19,21-25,27,33,36-38H,5,7,9-11,13H2,1-4H3,(H,39,40)/t15-,16+,17+,19+,21-,22+,23-,24+,25-,27+,29+,30?,31-,32?/m1/s1. The molecule has 5 heterocycles. The number of furan rings is 1. The number of fused-ring (bicyclic) bond motifs is 2. The second kappa shape index (κ2) is 10.3. The maximum atomic E-state index is 14.7. The lowest BCUT2D eigenvalue weighted by Crippen LogP contribution is -2.72. The Bertz CT molecular complexity index is 1410. The molecule has 7 rings (SSSR count). The number of rotatable bonds is 6. The van der Waals surface area contributed by atoms with Gasteiger partial charge in [-0.3, -0.25) is 9.59 Å². The third-order valence-corrected chi connectivity index (χ3v) is 12.6. The molecule has 46 heavy (non-hydrogen) atoms. The Kier molecular flexibility index (Phi) is 7.19. The number of aliphatic hydroxyl groups is 4. The predicted molar refractivity (Wildman–Crippen MR) is 151 cm³/mol. The van der Waals surface area contributed by atoms with Gasteiger partial charge in [-0.1, -0.05) is 6.92 Å². The van der Waals surface area contributed by atoms with E-state index < -0.39 is 95.0 Å². The Hall–Kier alpha value is -2.43. The van der Waals surface area contributed by atoms with E-state index >= 15 is 0 Å². The highest BCUT2D eigenvalue weighted by Crippen LogP contribution is 2.78. The number of epoxide rings is 1. The number of ether oxygens (including phenoxy) is 5. The van der Waals surface area contributed by atoms with Crippen molar-refractivity contribution in [3.63, 3.8) is 0 Å². The third-order valence-electron chi connectivity index (χ3n) is 12.6. The van der Waals surface area contributed by atoms with Crippen LogP contribution in [0.4, 0.5) is 0 Å². The highest BCUT2D eigenvalue weighted by molar-refractivity contribution is 5.92. The molecule has 4 aliphatic heterocycles. The molecular formula is C32H42O14. The quantitative estimate of drug-likeness (QED) is 0.209. The first-order chi connectivity index (χ1) is 21.6. The van der Waals surface area contributed by atoms with Crippen LogP contribution in [0.15, 0.2) is 23.0 Å². The lowest BCUT2D eigenvalue weighted by Gasteiger charge is -2.64. The number of hydrogen-bond donors (Lipinski definition) is 5. The molecule has 0 aromatic carbocycles. The highest BCUT2D eigenvalue weighted by Gasteiger charge is 2.88. The van der Waals surface area contributed by atoms with Gasteiger partial charge in [0.15, 0.2) is 12.4 Å². The molecular weight excluding hydrogens is 608 g/mol. The number of carboxylic acids is 1. The van der Waals surface area contributed by atoms with E-state index in [4.69, 9.17) is 28.1 Å². The second-order valence-corrected chi connectivity index (χ2v) is 14.9. The van der Waals surface area contributed by atoms with Crippen molar-refractivity contribution in [2.24, 2.45) is 28.1 Å². The topological polar surface area (TPSA) is 215 Å². The van der Waals surface area contributed by atoms with E-state index in [1.807, 2.05) is 13.8 Å². The minimum Gasteiger partial charge on any atom is -0.479 e. The Morgan fingerprint density at radius 3 is 2.41 bits per heavy atom. The lowest BCUT2D eigenvalue weighted by atomic mass is 9.37. The molecule has 4 saturated heterocycles. The molecule has 14 atom stereocenters. The van der Waals surface area contributed by atoms with Gasteiger partial charge in [0.2, 0.25) is 0 Å². The summed E-state index contributed by atoms with van der Waals surface area (Å²) in [5, 5.41) is 52.1. The number of Topliss-reactive ketones (excluding diaryl/α,β-unsaturated/α-hetero) is 1. The fourth-order valence-corrected chi connectivity index (χ4v) is 10.5. The van der Waals surface area contributed by atoms with Crippen molar-refractivity contribution in [1.29, 1.82) is 0 Å². The van der Waals surface area contributed by atoms with Crippen molar-refractivity contribution >= 4 is 17.7 Å². The zero-order valence-corrected chi connectivity index (χ0v) is 26.2. The summed E-state index contributed by atoms with van der Waals surface area (Å²) in [5.74, 6) is -2.60. The zero-order chi connectivity index (χ0) is 33.2. The molecule has 0 bridgehead atoms. The van der Waals surface area contributed by atoms with E-state index in [1.54, 1.807) is 19.9 Å². The van der Waals surface area contributed by atoms with Crippen LogP contribution in [0.3, 0.4) is 0 Å². The number of esters is 1. The van der Waals surface area contributed by atoms with Gasteiger partial charge in [0.05, 0.1) is 48.8 Å². The van der Waals surface area contributed by atoms with Crippen molar-refractivity contribution in [3.8, 4) is 0 Å². The molecule has 1 aromatic heterocycles. The number of aliphatic carboxylic acids is 1. The van der Waals surface area contributed by atoms with Gasteiger partial charge in [-0.25, -0.2) is 4.79 Å². The Morgan fingerprint density at radius 1 is 1.04 bits per heavy atom. The van der Waals surface area contributed by atoms with Gasteiger partial charge in [0.1, 0.15) is 42.4 Å². The van der Waals surface area contributed by atoms with E-state index in [1.165, 1.54) is 12.5 Å². The molecule has 2 aliphatic carbocycles. The van der Waals surface area contributed by atoms with Gasteiger partial charge in [0.25, 0.3) is 0 Å². The van der Waals surface area contributed by atoms with E-state index in [9.17, 15) is 39.9 Å². The molecule has 254 valence electrons. The van der Waals surface area contributed by atoms with E-state index in [0.717, 1.165) is 0 Å². The number of hydrogen-bond acceptors (Lipinski definition) is 13. The molecule has 5 N–H and O–H groups in total. The number of carbonyl (C=O) groups excluding carboxylic acids is 2. The van der Waals surface area contributed by atoms with Gasteiger partial charge in [-0.2, -0.15) is 0 Å². The van der Waals surface area contributed by atoms with E-state index in [2.05, 4.69) is 0 Å². The Labute approximate surface area is 264 Å². The number of cyclic esters (lactones) is 1. The first-order valence-electron chi connectivity index (χ1n) is 15.9. The molecule has 2 saturated carbocycles. The summed E-state index contributed by atoms with van der Waals surface area (Å²) in [6, 6.07) is 1.61. The van der Waals surface area contributed by atoms with Crippen LogP contribution in [-0.4, -0.2) is 111 Å². The smallest absolute Gasteiger partial charge is 0.335 e. The van der Waals surface area contributed by atoms with Crippen LogP contribution < -0.4 is 0 Å². The van der Waals surface area contributed by atoms with Crippen LogP contribution in [0.1, 0.15) is 65.0 Å². The monoisotopic (exact) mass is 650 g/mol. The van der Waals surface area contributed by atoms with Crippen LogP contribution in [-0.2, 0) is 38.1 Å². The molecule has 14 nitrogen and oxygen atoms in total. The van der Waals surface area contributed by atoms with Gasteiger partial charge in [-0.15, -0.1) is 0 Å². The summed E-state index contributed by atoms with van der Waals surface area (Å²) in [6.45, 7) is 6.73. The number of aliphatic hydroxyl groups excluding tert-OH is 4. The van der Waals surface area contributed by atoms with Crippen molar-refractivity contribution in [2.45, 2.75) is 114 Å². The Morgan fingerprint density at radius 2 is 1.78 bits per heavy atom. The summed E-state index contributed by atoms with van der Waals surface area (Å²) in [7, 11) is 0. The number of carbonyl (C=O) groups is 3. The maximum absolute atomic E-state index is 14.7. The van der Waals surface area contributed by atoms with Crippen molar-refractivity contribution in [1.82, 2.24) is 0 Å². The van der Waals surface area contributed by atoms with Crippen LogP contribution in [0.25, 0.3) is 0 Å². The molecule has 0 radical (unpaired) electrons. The zero-order valence-electron chi connectivity index (χ0n) is 26.2. The molecule has 6 aliphatic rings. The average Bonchev–Trinajstić information content (AvgIpc) is 3.48. The van der Waals surface area contributed by atoms with Gasteiger partial charge >= 0.3 is 11.9 Å². The summed E-state index contributed by atoms with van der Waals surface area (Å²) < 4.78 is 36.1. The van der Waals surface area contributed by atoms with Crippen molar-refractivity contribution in [3.05, 3.63) is 24.2 Å². The van der Waals surface area contributed by atoms with E-state index in [-0.39, 0.29) is 43.5 Å². The minimum atomic E-state index is -1.74. The third kappa shape index (κ3) is 3.89. The summed E-state index contributed by atoms with van der Waals surface area (Å²) in [6.07, 6.45) is -7.39. The predicted octanol–water partition coefficient (Wildman–Crippen LogP) is 0.482. The van der Waals surface area contributed by atoms with Gasteiger partial charge < -0.3 is 53.6 Å². The first-order valence-corrected chi connectivity index (χ1v) is 15.9. The second-order valence-electron chi connectivity index (χ2n) is 14.9. The fourth-order valence-electron chi connectivity index (χ4n) is 10.5. The lowest BCUT2D eigenvalue weighted by molar-refractivity contribution is -0.328. The summed E-state index contributed by atoms with van der Waals surface area (Å²) >= 11 is 0. The number of carboxylic acid groups (broad SMARTS) is 1. The normalized spacial score (nSPS) is 49.9. The van der Waals surface area contributed by atoms with Crippen LogP contribution in [0, 0.1) is 28.1 Å². The van der Waals surface area contributed by atoms with Crippen LogP contribution in [0.5, 0.6) is 0 Å². The number of ketones is 1. The fraction of sp³-hybridized carbons (Fsp3) is 0.781. The van der Waals surface area contributed by atoms with Crippen LogP contribution in [0.2, 0.25) is 0 Å². The SMILES string of the molecule is CC1(C)O[C@H]2CC(=O)OC[C@@]23[C@H]1CC(=O)C1(C)[C@@H]3CC[C@@](C)([C@@H](O[C@@H]2O[C@H](CO)[C@@H](O)[C@H](O)[C@H]2O)c2ccoc2)C12O[C@@H]2C(=O)O.